The minimum Gasteiger partial charge on any atom is -0.368 e. The number of amides is 3. The van der Waals surface area contributed by atoms with E-state index in [1.54, 1.807) is 20.8 Å². The highest BCUT2D eigenvalue weighted by Crippen LogP contribution is 2.32. The predicted octanol–water partition coefficient (Wildman–Crippen LogP) is 0.404. The van der Waals surface area contributed by atoms with Gasteiger partial charge in [-0.3, -0.25) is 19.3 Å². The lowest BCUT2D eigenvalue weighted by Crippen LogP contribution is -2.57. The minimum atomic E-state index is -0.929. The van der Waals surface area contributed by atoms with Gasteiger partial charge in [-0.2, -0.15) is 0 Å². The van der Waals surface area contributed by atoms with Crippen molar-refractivity contribution in [3.05, 3.63) is 0 Å². The molecule has 0 aromatic carbocycles. The second kappa shape index (κ2) is 5.52. The first kappa shape index (κ1) is 16.6. The van der Waals surface area contributed by atoms with Gasteiger partial charge in [-0.15, -0.1) is 0 Å². The van der Waals surface area contributed by atoms with Gasteiger partial charge in [0.15, 0.2) is 0 Å². The quantitative estimate of drug-likeness (QED) is 0.690. The molecular formula is C14H25N3O3. The summed E-state index contributed by atoms with van der Waals surface area (Å²) < 4.78 is 0. The lowest BCUT2D eigenvalue weighted by Gasteiger charge is -2.31. The molecule has 0 aromatic heterocycles. The molecule has 6 nitrogen and oxygen atoms in total. The van der Waals surface area contributed by atoms with E-state index in [9.17, 15) is 14.4 Å². The fraction of sp³-hybridized carbons (Fsp3) is 0.786. The first-order valence-corrected chi connectivity index (χ1v) is 6.92. The highest BCUT2D eigenvalue weighted by Gasteiger charge is 2.45. The predicted molar refractivity (Wildman–Crippen MR) is 75.6 cm³/mol. The zero-order valence-electron chi connectivity index (χ0n) is 12.9. The van der Waals surface area contributed by atoms with E-state index >= 15 is 0 Å². The average Bonchev–Trinajstić information content (AvgIpc) is 2.45. The number of carbonyl (C=O) groups excluding carboxylic acids is 3. The second-order valence-corrected chi connectivity index (χ2v) is 6.66. The molecule has 3 amide bonds. The van der Waals surface area contributed by atoms with Crippen molar-refractivity contribution < 1.29 is 14.4 Å². The summed E-state index contributed by atoms with van der Waals surface area (Å²) in [6.45, 7) is 9.25. The van der Waals surface area contributed by atoms with Gasteiger partial charge in [-0.1, -0.05) is 13.8 Å². The average molecular weight is 283 g/mol. The van der Waals surface area contributed by atoms with Gasteiger partial charge in [0.1, 0.15) is 0 Å². The second-order valence-electron chi connectivity index (χ2n) is 6.66. The molecule has 0 spiro atoms. The zero-order chi connectivity index (χ0) is 15.7. The van der Waals surface area contributed by atoms with Crippen LogP contribution in [0.1, 0.15) is 47.5 Å². The number of carbonyl (C=O) groups is 3. The van der Waals surface area contributed by atoms with Crippen LogP contribution in [0, 0.1) is 5.41 Å². The number of imide groups is 1. The summed E-state index contributed by atoms with van der Waals surface area (Å²) >= 11 is 0. The number of nitrogens with one attached hydrogen (secondary N) is 1. The maximum atomic E-state index is 12.1. The molecule has 1 unspecified atom stereocenters. The van der Waals surface area contributed by atoms with Gasteiger partial charge < -0.3 is 11.1 Å². The first-order valence-electron chi connectivity index (χ1n) is 6.92. The maximum Gasteiger partial charge on any atom is 0.237 e. The Morgan fingerprint density at radius 2 is 2.00 bits per heavy atom. The summed E-state index contributed by atoms with van der Waals surface area (Å²) in [5, 5.41) is 3.11. The number of primary amides is 1. The SMILES string of the molecule is CC(C)NC(C)(CCN1C(=O)CC(C)(C)C1=O)C(N)=O. The van der Waals surface area contributed by atoms with E-state index in [0.717, 1.165) is 0 Å². The molecule has 0 radical (unpaired) electrons. The minimum absolute atomic E-state index is 0.0777. The Morgan fingerprint density at radius 1 is 1.45 bits per heavy atom. The first-order chi connectivity index (χ1) is 8.99. The van der Waals surface area contributed by atoms with Crippen molar-refractivity contribution in [1.82, 2.24) is 10.2 Å². The van der Waals surface area contributed by atoms with Gasteiger partial charge in [-0.05, 0) is 27.2 Å². The number of nitrogens with zero attached hydrogens (tertiary/aromatic N) is 1. The van der Waals surface area contributed by atoms with E-state index in [4.69, 9.17) is 5.73 Å². The van der Waals surface area contributed by atoms with E-state index in [1.807, 2.05) is 13.8 Å². The molecule has 1 saturated heterocycles. The van der Waals surface area contributed by atoms with Crippen LogP contribution in [0.2, 0.25) is 0 Å². The molecule has 0 saturated carbocycles. The normalized spacial score (nSPS) is 21.4. The molecule has 0 aromatic rings. The molecule has 1 rings (SSSR count). The number of nitrogens with two attached hydrogens (primary N) is 1. The van der Waals surface area contributed by atoms with Crippen LogP contribution in [-0.2, 0) is 14.4 Å². The summed E-state index contributed by atoms with van der Waals surface area (Å²) in [4.78, 5) is 36.9. The number of rotatable bonds is 6. The number of hydrogen-bond acceptors (Lipinski definition) is 4. The van der Waals surface area contributed by atoms with Crippen molar-refractivity contribution in [2.75, 3.05) is 6.54 Å². The van der Waals surface area contributed by atoms with Crippen LogP contribution >= 0.6 is 0 Å². The molecule has 114 valence electrons. The fourth-order valence-electron chi connectivity index (χ4n) is 2.49. The molecule has 20 heavy (non-hydrogen) atoms. The standard InChI is InChI=1S/C14H25N3O3/c1-9(2)16-14(5,11(15)19)6-7-17-10(18)8-13(3,4)12(17)20/h9,16H,6-8H2,1-5H3,(H2,15,19). The van der Waals surface area contributed by atoms with Gasteiger partial charge in [-0.25, -0.2) is 0 Å². The summed E-state index contributed by atoms with van der Waals surface area (Å²) in [6, 6.07) is 0.0777. The Bertz CT molecular complexity index is 431. The molecule has 1 aliphatic rings. The molecule has 1 atom stereocenters. The Hall–Kier alpha value is -1.43. The number of likely N-dealkylation sites (tertiary alicyclic amines) is 1. The van der Waals surface area contributed by atoms with E-state index in [-0.39, 0.29) is 30.8 Å². The lowest BCUT2D eigenvalue weighted by atomic mass is 9.92. The van der Waals surface area contributed by atoms with E-state index < -0.39 is 16.9 Å². The van der Waals surface area contributed by atoms with E-state index in [0.29, 0.717) is 6.42 Å². The molecule has 1 aliphatic heterocycles. The third kappa shape index (κ3) is 3.36. The third-order valence-electron chi connectivity index (χ3n) is 3.70. The fourth-order valence-corrected chi connectivity index (χ4v) is 2.49. The van der Waals surface area contributed by atoms with Crippen molar-refractivity contribution in [1.29, 1.82) is 0 Å². The van der Waals surface area contributed by atoms with Gasteiger partial charge >= 0.3 is 0 Å². The van der Waals surface area contributed by atoms with Crippen molar-refractivity contribution >= 4 is 17.7 Å². The monoisotopic (exact) mass is 283 g/mol. The van der Waals surface area contributed by atoms with Crippen LogP contribution < -0.4 is 11.1 Å². The van der Waals surface area contributed by atoms with Crippen molar-refractivity contribution in [2.45, 2.75) is 59.0 Å². The molecule has 6 heteroatoms. The summed E-state index contributed by atoms with van der Waals surface area (Å²) in [6.07, 6.45) is 0.533. The Morgan fingerprint density at radius 3 is 2.35 bits per heavy atom. The van der Waals surface area contributed by atoms with Gasteiger partial charge in [0.05, 0.1) is 11.0 Å². The molecule has 0 bridgehead atoms. The van der Waals surface area contributed by atoms with Crippen molar-refractivity contribution in [3.63, 3.8) is 0 Å². The van der Waals surface area contributed by atoms with Crippen LogP contribution in [0.5, 0.6) is 0 Å². The molecule has 3 N–H and O–H groups in total. The zero-order valence-corrected chi connectivity index (χ0v) is 12.9. The highest BCUT2D eigenvalue weighted by atomic mass is 16.2. The number of hydrogen-bond donors (Lipinski definition) is 2. The van der Waals surface area contributed by atoms with Crippen LogP contribution in [0.15, 0.2) is 0 Å². The largest absolute Gasteiger partial charge is 0.368 e. The Labute approximate surface area is 120 Å². The van der Waals surface area contributed by atoms with Gasteiger partial charge in [0, 0.05) is 19.0 Å². The molecule has 0 aliphatic carbocycles. The van der Waals surface area contributed by atoms with Crippen LogP contribution in [0.4, 0.5) is 0 Å². The molecular weight excluding hydrogens is 258 g/mol. The van der Waals surface area contributed by atoms with E-state index in [1.165, 1.54) is 4.90 Å². The van der Waals surface area contributed by atoms with Crippen molar-refractivity contribution in [2.24, 2.45) is 11.1 Å². The maximum absolute atomic E-state index is 12.1. The third-order valence-corrected chi connectivity index (χ3v) is 3.70. The highest BCUT2D eigenvalue weighted by molar-refractivity contribution is 6.05. The Balaban J connectivity index is 2.77. The molecule has 1 fully saturated rings. The van der Waals surface area contributed by atoms with Crippen LogP contribution in [0.3, 0.4) is 0 Å². The van der Waals surface area contributed by atoms with Gasteiger partial charge in [0.25, 0.3) is 0 Å². The van der Waals surface area contributed by atoms with Crippen molar-refractivity contribution in [3.8, 4) is 0 Å². The summed E-state index contributed by atoms with van der Waals surface area (Å²) in [7, 11) is 0. The Kier molecular flexibility index (Phi) is 4.59. The van der Waals surface area contributed by atoms with E-state index in [2.05, 4.69) is 5.32 Å². The molecule has 1 heterocycles. The van der Waals surface area contributed by atoms with Gasteiger partial charge in [0.2, 0.25) is 17.7 Å². The summed E-state index contributed by atoms with van der Waals surface area (Å²) in [5.41, 5.74) is 3.86. The topological polar surface area (TPSA) is 92.5 Å². The van der Waals surface area contributed by atoms with Crippen LogP contribution in [0.25, 0.3) is 0 Å². The lowest BCUT2D eigenvalue weighted by molar-refractivity contribution is -0.141. The smallest absolute Gasteiger partial charge is 0.237 e. The summed E-state index contributed by atoms with van der Waals surface area (Å²) in [5.74, 6) is -0.847. The van der Waals surface area contributed by atoms with Crippen LogP contribution in [-0.4, -0.2) is 40.7 Å².